The van der Waals surface area contributed by atoms with Crippen molar-refractivity contribution in [2.45, 2.75) is 42.2 Å². The highest BCUT2D eigenvalue weighted by atomic mass is 32.2. The average molecular weight is 501 g/mol. The monoisotopic (exact) mass is 500 g/mol. The summed E-state index contributed by atoms with van der Waals surface area (Å²) < 4.78 is 13.9. The van der Waals surface area contributed by atoms with Crippen molar-refractivity contribution in [3.8, 4) is 23.3 Å². The normalized spacial score (nSPS) is 16.4. The van der Waals surface area contributed by atoms with E-state index in [1.165, 1.54) is 32.7 Å². The van der Waals surface area contributed by atoms with Gasteiger partial charge in [0.2, 0.25) is 18.6 Å². The minimum absolute atomic E-state index is 0.0561. The van der Waals surface area contributed by atoms with Crippen molar-refractivity contribution in [1.82, 2.24) is 19.1 Å². The van der Waals surface area contributed by atoms with Gasteiger partial charge in [0.05, 0.1) is 17.0 Å². The molecule has 0 saturated carbocycles. The number of benzene rings is 1. The Bertz CT molecular complexity index is 1360. The number of aromatic hydroxyl groups is 2. The largest absolute Gasteiger partial charge is 0.493 e. The lowest BCUT2D eigenvalue weighted by atomic mass is 9.86. The number of hydrogen-bond acceptors (Lipinski definition) is 10. The van der Waals surface area contributed by atoms with Crippen LogP contribution >= 0.6 is 23.5 Å². The summed E-state index contributed by atoms with van der Waals surface area (Å²) in [6.07, 6.45) is 1.56. The Morgan fingerprint density at radius 3 is 2.00 bits per heavy atom. The van der Waals surface area contributed by atoms with Crippen LogP contribution in [-0.4, -0.2) is 47.6 Å². The summed E-state index contributed by atoms with van der Waals surface area (Å²) in [6.45, 7) is 0.971. The molecular formula is C22H20N4O6S2. The van der Waals surface area contributed by atoms with Gasteiger partial charge < -0.3 is 19.7 Å². The molecule has 34 heavy (non-hydrogen) atoms. The van der Waals surface area contributed by atoms with Gasteiger partial charge in [-0.05, 0) is 30.5 Å². The highest BCUT2D eigenvalue weighted by Gasteiger charge is 2.35. The lowest BCUT2D eigenvalue weighted by molar-refractivity contribution is 0.174. The Labute approximate surface area is 201 Å². The van der Waals surface area contributed by atoms with E-state index in [0.717, 1.165) is 24.3 Å². The first kappa shape index (κ1) is 21.4. The van der Waals surface area contributed by atoms with Crippen LogP contribution in [0, 0.1) is 0 Å². The molecule has 0 bridgehead atoms. The molecule has 0 radical (unpaired) electrons. The lowest BCUT2D eigenvalue weighted by Crippen LogP contribution is -2.35. The Hall–Kier alpha value is -3.12. The zero-order chi connectivity index (χ0) is 23.4. The summed E-state index contributed by atoms with van der Waals surface area (Å²) in [7, 11) is 0. The first-order chi connectivity index (χ1) is 16.5. The van der Waals surface area contributed by atoms with Crippen LogP contribution in [0.25, 0.3) is 0 Å². The van der Waals surface area contributed by atoms with Crippen molar-refractivity contribution in [3.63, 3.8) is 0 Å². The van der Waals surface area contributed by atoms with E-state index in [-0.39, 0.29) is 17.9 Å². The number of nitrogens with zero attached hydrogens (tertiary/aromatic N) is 4. The minimum Gasteiger partial charge on any atom is -0.493 e. The number of hydrogen-bond donors (Lipinski definition) is 2. The molecular weight excluding hydrogens is 480 g/mol. The predicted octanol–water partition coefficient (Wildman–Crippen LogP) is 2.11. The van der Waals surface area contributed by atoms with E-state index in [2.05, 4.69) is 9.97 Å². The fourth-order valence-electron chi connectivity index (χ4n) is 4.54. The fourth-order valence-corrected chi connectivity index (χ4v) is 6.41. The summed E-state index contributed by atoms with van der Waals surface area (Å²) >= 11 is 2.79. The van der Waals surface area contributed by atoms with Crippen molar-refractivity contribution < 1.29 is 19.7 Å². The standard InChI is InChI=1S/C22H20N4O6S2/c27-17-15(19(29)25-5-1-7-33-21(25)23-17)14(11-3-4-12-13(9-11)32-10-31-12)16-18(28)24-22-26(20(16)30)6-2-8-34-22/h3-4,9,14,27-28H,1-2,5-8,10H2. The molecule has 0 saturated heterocycles. The minimum atomic E-state index is -1.11. The highest BCUT2D eigenvalue weighted by Crippen LogP contribution is 2.42. The van der Waals surface area contributed by atoms with Crippen molar-refractivity contribution in [3.05, 3.63) is 55.6 Å². The molecule has 3 aliphatic rings. The Kier molecular flexibility index (Phi) is 5.21. The van der Waals surface area contributed by atoms with Crippen LogP contribution in [0.2, 0.25) is 0 Å². The third-order valence-electron chi connectivity index (χ3n) is 6.12. The summed E-state index contributed by atoms with van der Waals surface area (Å²) in [6, 6.07) is 5.02. The van der Waals surface area contributed by atoms with Gasteiger partial charge in [0.25, 0.3) is 11.1 Å². The maximum Gasteiger partial charge on any atom is 0.262 e. The van der Waals surface area contributed by atoms with Gasteiger partial charge in [-0.3, -0.25) is 18.7 Å². The Balaban J connectivity index is 1.64. The summed E-state index contributed by atoms with van der Waals surface area (Å²) in [5.41, 5.74) is -0.589. The maximum atomic E-state index is 13.6. The van der Waals surface area contributed by atoms with Crippen LogP contribution in [0.5, 0.6) is 23.3 Å². The van der Waals surface area contributed by atoms with Crippen LogP contribution in [0.15, 0.2) is 38.1 Å². The zero-order valence-corrected chi connectivity index (χ0v) is 19.5. The highest BCUT2D eigenvalue weighted by molar-refractivity contribution is 7.99. The Morgan fingerprint density at radius 2 is 1.41 bits per heavy atom. The first-order valence-electron chi connectivity index (χ1n) is 10.9. The second-order valence-electron chi connectivity index (χ2n) is 8.13. The molecule has 1 aromatic carbocycles. The van der Waals surface area contributed by atoms with Crippen LogP contribution < -0.4 is 20.6 Å². The molecule has 6 rings (SSSR count). The van der Waals surface area contributed by atoms with E-state index in [1.807, 2.05) is 0 Å². The molecule has 0 unspecified atom stereocenters. The molecule has 0 amide bonds. The zero-order valence-electron chi connectivity index (χ0n) is 17.9. The third kappa shape index (κ3) is 3.35. The maximum absolute atomic E-state index is 13.6. The van der Waals surface area contributed by atoms with Gasteiger partial charge in [0.1, 0.15) is 0 Å². The van der Waals surface area contributed by atoms with Gasteiger partial charge in [0.15, 0.2) is 21.8 Å². The smallest absolute Gasteiger partial charge is 0.262 e. The Morgan fingerprint density at radius 1 is 0.853 bits per heavy atom. The van der Waals surface area contributed by atoms with Gasteiger partial charge in [-0.15, -0.1) is 0 Å². The molecule has 0 atom stereocenters. The van der Waals surface area contributed by atoms with E-state index in [4.69, 9.17) is 9.47 Å². The molecule has 12 heteroatoms. The molecule has 5 heterocycles. The number of aromatic nitrogens is 4. The first-order valence-corrected chi connectivity index (χ1v) is 12.8. The van der Waals surface area contributed by atoms with Crippen LogP contribution in [0.4, 0.5) is 0 Å². The van der Waals surface area contributed by atoms with Gasteiger partial charge in [-0.2, -0.15) is 9.97 Å². The van der Waals surface area contributed by atoms with Gasteiger partial charge in [-0.25, -0.2) is 0 Å². The summed E-state index contributed by atoms with van der Waals surface area (Å²) in [5.74, 6) is 0.530. The predicted molar refractivity (Wildman–Crippen MR) is 125 cm³/mol. The molecule has 3 aromatic rings. The number of ether oxygens (including phenoxy) is 2. The third-order valence-corrected chi connectivity index (χ3v) is 8.24. The van der Waals surface area contributed by atoms with E-state index in [0.29, 0.717) is 40.5 Å². The molecule has 3 aliphatic heterocycles. The molecule has 0 aliphatic carbocycles. The van der Waals surface area contributed by atoms with E-state index in [9.17, 15) is 19.8 Å². The molecule has 2 aromatic heterocycles. The van der Waals surface area contributed by atoms with Gasteiger partial charge in [0, 0.05) is 24.6 Å². The van der Waals surface area contributed by atoms with E-state index in [1.54, 1.807) is 18.2 Å². The second-order valence-corrected chi connectivity index (χ2v) is 10.3. The average Bonchev–Trinajstić information content (AvgIpc) is 3.31. The van der Waals surface area contributed by atoms with Crippen molar-refractivity contribution >= 4 is 23.5 Å². The molecule has 0 fully saturated rings. The summed E-state index contributed by atoms with van der Waals surface area (Å²) in [4.78, 5) is 35.8. The van der Waals surface area contributed by atoms with Crippen molar-refractivity contribution in [2.24, 2.45) is 0 Å². The topological polar surface area (TPSA) is 129 Å². The van der Waals surface area contributed by atoms with E-state index < -0.39 is 28.8 Å². The summed E-state index contributed by atoms with van der Waals surface area (Å²) in [5, 5.41) is 22.8. The quantitative estimate of drug-likeness (QED) is 0.516. The number of fused-ring (bicyclic) bond motifs is 3. The van der Waals surface area contributed by atoms with E-state index >= 15 is 0 Å². The number of thioether (sulfide) groups is 2. The van der Waals surface area contributed by atoms with Crippen LogP contribution in [0.3, 0.4) is 0 Å². The molecule has 10 nitrogen and oxygen atoms in total. The molecule has 176 valence electrons. The lowest BCUT2D eigenvalue weighted by Gasteiger charge is -2.24. The van der Waals surface area contributed by atoms with Crippen molar-refractivity contribution in [1.29, 1.82) is 0 Å². The SMILES string of the molecule is O=c1c(C(c2ccc3c(c2)OCO3)c2c(O)nc3n(c2=O)CCCS3)c(O)nc2n1CCCS2. The number of rotatable bonds is 3. The molecule has 0 spiro atoms. The second kappa shape index (κ2) is 8.27. The van der Waals surface area contributed by atoms with Gasteiger partial charge >= 0.3 is 0 Å². The van der Waals surface area contributed by atoms with Crippen LogP contribution in [-0.2, 0) is 13.1 Å². The van der Waals surface area contributed by atoms with Crippen molar-refractivity contribution in [2.75, 3.05) is 18.3 Å². The van der Waals surface area contributed by atoms with Gasteiger partial charge in [-0.1, -0.05) is 29.6 Å². The fraction of sp³-hybridized carbons (Fsp3) is 0.364. The molecule has 2 N–H and O–H groups in total. The van der Waals surface area contributed by atoms with Crippen LogP contribution in [0.1, 0.15) is 35.4 Å².